The molecule has 3 saturated heterocycles. The first-order valence-electron chi connectivity index (χ1n) is 28.8. The Morgan fingerprint density at radius 3 is 2.13 bits per heavy atom. The van der Waals surface area contributed by atoms with Crippen molar-refractivity contribution < 1.29 is 81.9 Å². The van der Waals surface area contributed by atoms with Crippen molar-refractivity contribution in [2.45, 2.75) is 270 Å². The van der Waals surface area contributed by atoms with E-state index in [9.17, 15) is 34.5 Å². The Hall–Kier alpha value is -3.62. The number of aliphatic hydroxyl groups is 3. The van der Waals surface area contributed by atoms with Gasteiger partial charge in [0.1, 0.15) is 36.1 Å². The van der Waals surface area contributed by atoms with Gasteiger partial charge in [-0.05, 0) is 110 Å². The van der Waals surface area contributed by atoms with Crippen LogP contribution >= 0.6 is 0 Å². The highest BCUT2D eigenvalue weighted by molar-refractivity contribution is 5.80. The second kappa shape index (κ2) is 26.8. The number of nitrogens with one attached hydrogen (secondary N) is 1. The molecule has 0 bridgehead atoms. The Labute approximate surface area is 458 Å². The fourth-order valence-electron chi connectivity index (χ4n) is 13.1. The van der Waals surface area contributed by atoms with Crippen LogP contribution in [0.5, 0.6) is 0 Å². The van der Waals surface area contributed by atoms with Gasteiger partial charge in [-0.1, -0.05) is 97.8 Å². The highest BCUT2D eigenvalue weighted by Crippen LogP contribution is 2.68. The summed E-state index contributed by atoms with van der Waals surface area (Å²) in [6.45, 7) is 22.4. The van der Waals surface area contributed by atoms with Gasteiger partial charge in [-0.25, -0.2) is 14.4 Å². The molecule has 3 aliphatic carbocycles. The first kappa shape index (κ1) is 62.6. The van der Waals surface area contributed by atoms with E-state index in [1.54, 1.807) is 27.7 Å². The third-order valence-corrected chi connectivity index (χ3v) is 16.9. The molecule has 6 aliphatic rings. The lowest BCUT2D eigenvalue weighted by molar-refractivity contribution is -0.392. The minimum Gasteiger partial charge on any atom is -0.455 e. The fraction of sp³-hybridized carbons (Fsp3) is 0.831. The molecule has 77 heavy (non-hydrogen) atoms. The zero-order valence-electron chi connectivity index (χ0n) is 48.1. The summed E-state index contributed by atoms with van der Waals surface area (Å²) in [5.41, 5.74) is -6.89. The molecular weight excluding hydrogens is 995 g/mol. The molecule has 0 radical (unpaired) electrons. The zero-order chi connectivity index (χ0) is 56.5. The van der Waals surface area contributed by atoms with E-state index in [1.807, 2.05) is 20.8 Å². The van der Waals surface area contributed by atoms with Gasteiger partial charge in [0.05, 0.1) is 48.6 Å². The summed E-state index contributed by atoms with van der Waals surface area (Å²) in [6, 6.07) is -1.20. The number of esters is 2. The Morgan fingerprint density at radius 2 is 1.55 bits per heavy atom. The van der Waals surface area contributed by atoms with Crippen LogP contribution in [0.1, 0.15) is 185 Å². The average molecular weight is 1090 g/mol. The molecule has 1 amide bonds. The number of alkyl carbamates (subject to hydrolysis) is 1. The third kappa shape index (κ3) is 14.7. The smallest absolute Gasteiger partial charge is 0.455 e. The molecule has 2 unspecified atom stereocenters. The van der Waals surface area contributed by atoms with Crippen molar-refractivity contribution in [1.29, 1.82) is 0 Å². The van der Waals surface area contributed by atoms with Gasteiger partial charge < -0.3 is 68.0 Å². The quantitative estimate of drug-likeness (QED) is 0.0260. The zero-order valence-corrected chi connectivity index (χ0v) is 48.1. The van der Waals surface area contributed by atoms with Crippen molar-refractivity contribution in [2.24, 2.45) is 22.7 Å². The largest absolute Gasteiger partial charge is 0.509 e. The second-order valence-corrected chi connectivity index (χ2v) is 24.8. The van der Waals surface area contributed by atoms with Crippen LogP contribution in [0.25, 0.3) is 0 Å². The Morgan fingerprint density at radius 1 is 0.896 bits per heavy atom. The topological polar surface area (TPSA) is 233 Å². The van der Waals surface area contributed by atoms with E-state index in [-0.39, 0.29) is 50.6 Å². The summed E-state index contributed by atoms with van der Waals surface area (Å²) in [7, 11) is 0. The molecule has 0 spiro atoms. The van der Waals surface area contributed by atoms with E-state index in [0.717, 1.165) is 38.5 Å². The van der Waals surface area contributed by atoms with Gasteiger partial charge in [0.2, 0.25) is 6.10 Å². The Bertz CT molecular complexity index is 2060. The molecule has 5 fully saturated rings. The SMILES string of the molecule is C=C[C@H]1O[C@H]2C[C@H]3OC[C@@]3(O)[C@H]3[C@H](O)[C@]4(C(C)(C)O)C[C@H](OC(=O)[C@H](OC(=O)OCC5COC(CCCCCC/C=C\CCCCCCCCC)O5)[C@H](CC(C)C)NC(=O)OC(C)(C)C)C(C)=C4[C@H](OC(C)=O)[C@H](O1)[C@]23C. The third-order valence-electron chi connectivity index (χ3n) is 16.9. The van der Waals surface area contributed by atoms with Crippen LogP contribution in [0.3, 0.4) is 0 Å². The molecule has 3 aliphatic heterocycles. The number of rotatable bonds is 27. The van der Waals surface area contributed by atoms with Gasteiger partial charge in [-0.15, -0.1) is 0 Å². The van der Waals surface area contributed by atoms with Crippen molar-refractivity contribution in [3.63, 3.8) is 0 Å². The van der Waals surface area contributed by atoms with Gasteiger partial charge in [0.15, 0.2) is 18.7 Å². The first-order chi connectivity index (χ1) is 36.3. The summed E-state index contributed by atoms with van der Waals surface area (Å²) in [5.74, 6) is -3.05. The summed E-state index contributed by atoms with van der Waals surface area (Å²) < 4.78 is 60.5. The van der Waals surface area contributed by atoms with Gasteiger partial charge in [0, 0.05) is 31.1 Å². The average Bonchev–Trinajstić information content (AvgIpc) is 3.96. The number of carbonyl (C=O) groups is 4. The summed E-state index contributed by atoms with van der Waals surface area (Å²) in [5, 5.41) is 41.0. The van der Waals surface area contributed by atoms with Crippen molar-refractivity contribution in [3.8, 4) is 0 Å². The van der Waals surface area contributed by atoms with Gasteiger partial charge in [-0.2, -0.15) is 0 Å². The molecule has 438 valence electrons. The molecule has 0 aromatic heterocycles. The Balaban J connectivity index is 1.17. The van der Waals surface area contributed by atoms with Crippen molar-refractivity contribution >= 4 is 24.2 Å². The lowest BCUT2D eigenvalue weighted by Crippen LogP contribution is -2.79. The van der Waals surface area contributed by atoms with Gasteiger partial charge >= 0.3 is 24.2 Å². The predicted molar refractivity (Wildman–Crippen MR) is 285 cm³/mol. The standard InChI is InChI=1S/C59H95NO17/c1-13-15-16-17-18-19-20-21-22-23-24-25-26-27-28-29-45-68-33-39(72-45)34-69-54(65)76-47(40(30-36(3)4)60-53(64)77-55(7,8)9)52(63)73-41-32-58(56(10,11)66)46(37(41)5)48(71-38(6)61)51-57(12)42(74-44(14-2)75-51)31-43-59(67,35-70-43)49(57)50(58)62/h14,22-23,36,39-45,47-51,62,66-67H,2,13,15-21,24-35H2,1,3-12H3,(H,60,64)/b23-22-/t39?,40-,41-,42-,43+,44-,45?,47+,48-,49-,50-,51-,57+,58-,59-/m0/s1. The fourth-order valence-corrected chi connectivity index (χ4v) is 13.1. The molecule has 18 nitrogen and oxygen atoms in total. The van der Waals surface area contributed by atoms with Crippen LogP contribution in [-0.4, -0.2) is 144 Å². The van der Waals surface area contributed by atoms with Crippen LogP contribution in [0, 0.1) is 22.7 Å². The summed E-state index contributed by atoms with van der Waals surface area (Å²) in [6.07, 6.45) is 9.83. The number of hydrogen-bond acceptors (Lipinski definition) is 17. The van der Waals surface area contributed by atoms with Crippen LogP contribution in [0.2, 0.25) is 0 Å². The molecule has 4 N–H and O–H groups in total. The van der Waals surface area contributed by atoms with E-state index in [0.29, 0.717) is 12.0 Å². The molecule has 15 atom stereocenters. The predicted octanol–water partition coefficient (Wildman–Crippen LogP) is 9.37. The van der Waals surface area contributed by atoms with Crippen LogP contribution in [0.15, 0.2) is 36.0 Å². The maximum absolute atomic E-state index is 15.0. The molecule has 18 heteroatoms. The van der Waals surface area contributed by atoms with Crippen LogP contribution in [0.4, 0.5) is 9.59 Å². The summed E-state index contributed by atoms with van der Waals surface area (Å²) in [4.78, 5) is 55.4. The molecule has 3 heterocycles. The van der Waals surface area contributed by atoms with E-state index < -0.39 is 125 Å². The van der Waals surface area contributed by atoms with E-state index >= 15 is 0 Å². The first-order valence-corrected chi connectivity index (χ1v) is 28.8. The van der Waals surface area contributed by atoms with Crippen molar-refractivity contribution in [3.05, 3.63) is 36.0 Å². The van der Waals surface area contributed by atoms with E-state index in [2.05, 4.69) is 31.0 Å². The highest BCUT2D eigenvalue weighted by Gasteiger charge is 2.78. The number of ether oxygens (including phenoxy) is 10. The monoisotopic (exact) mass is 1090 g/mol. The number of carbonyl (C=O) groups excluding carboxylic acids is 4. The maximum atomic E-state index is 15.0. The van der Waals surface area contributed by atoms with Gasteiger partial charge in [0.25, 0.3) is 0 Å². The molecule has 2 saturated carbocycles. The van der Waals surface area contributed by atoms with E-state index in [4.69, 9.17) is 47.4 Å². The number of amides is 1. The lowest BCUT2D eigenvalue weighted by atomic mass is 9.49. The number of aliphatic hydroxyl groups excluding tert-OH is 1. The Kier molecular flexibility index (Phi) is 21.8. The molecular formula is C59H95NO17. The number of unbranched alkanes of at least 4 members (excludes halogenated alkanes) is 11. The maximum Gasteiger partial charge on any atom is 0.509 e. The van der Waals surface area contributed by atoms with Crippen LogP contribution < -0.4 is 5.32 Å². The minimum absolute atomic E-state index is 0.115. The van der Waals surface area contributed by atoms with Crippen molar-refractivity contribution in [1.82, 2.24) is 5.32 Å². The van der Waals surface area contributed by atoms with Crippen molar-refractivity contribution in [2.75, 3.05) is 19.8 Å². The lowest BCUT2D eigenvalue weighted by Gasteiger charge is -2.66. The summed E-state index contributed by atoms with van der Waals surface area (Å²) >= 11 is 0. The van der Waals surface area contributed by atoms with Gasteiger partial charge in [-0.3, -0.25) is 4.79 Å². The minimum atomic E-state index is -1.86. The number of allylic oxidation sites excluding steroid dienone is 2. The molecule has 0 aromatic carbocycles. The normalized spacial score (nSPS) is 33.5. The highest BCUT2D eigenvalue weighted by atomic mass is 16.8. The second-order valence-electron chi connectivity index (χ2n) is 24.8. The van der Waals surface area contributed by atoms with E-state index in [1.165, 1.54) is 71.8 Å². The van der Waals surface area contributed by atoms with Crippen LogP contribution in [-0.2, 0) is 57.0 Å². The molecule has 0 aromatic rings. The molecule has 6 rings (SSSR count). The number of fused-ring (bicyclic) bond motifs is 3. The number of hydrogen-bond donors (Lipinski definition) is 4.